The fourth-order valence-electron chi connectivity index (χ4n) is 3.78. The van der Waals surface area contributed by atoms with Gasteiger partial charge in [-0.25, -0.2) is 9.18 Å². The minimum atomic E-state index is -0.381. The highest BCUT2D eigenvalue weighted by Crippen LogP contribution is 2.25. The van der Waals surface area contributed by atoms with E-state index in [2.05, 4.69) is 32.8 Å². The zero-order valence-corrected chi connectivity index (χ0v) is 17.0. The maximum absolute atomic E-state index is 12.9. The van der Waals surface area contributed by atoms with Crippen LogP contribution in [0.5, 0.6) is 5.75 Å². The van der Waals surface area contributed by atoms with Gasteiger partial charge in [0, 0.05) is 24.0 Å². The Bertz CT molecular complexity index is 1000. The second kappa shape index (κ2) is 9.13. The van der Waals surface area contributed by atoms with Gasteiger partial charge in [0.1, 0.15) is 11.6 Å². The molecule has 158 valence electrons. The van der Waals surface area contributed by atoms with E-state index in [1.54, 1.807) is 12.1 Å². The molecule has 3 aromatic rings. The number of nitrogens with one attached hydrogen (secondary N) is 3. The van der Waals surface area contributed by atoms with Gasteiger partial charge in [0.25, 0.3) is 0 Å². The van der Waals surface area contributed by atoms with Gasteiger partial charge in [0.05, 0.1) is 12.1 Å². The molecule has 1 aliphatic rings. The summed E-state index contributed by atoms with van der Waals surface area (Å²) in [5, 5.41) is 13.4. The van der Waals surface area contributed by atoms with Crippen LogP contribution >= 0.6 is 0 Å². The van der Waals surface area contributed by atoms with E-state index in [0.717, 1.165) is 35.2 Å². The van der Waals surface area contributed by atoms with Gasteiger partial charge in [-0.05, 0) is 62.7 Å². The number of fused-ring (bicyclic) bond motifs is 1. The molecule has 4 rings (SSSR count). The zero-order valence-electron chi connectivity index (χ0n) is 17.0. The fraction of sp³-hybridized carbons (Fsp3) is 0.364. The number of ether oxygens (including phenoxy) is 1. The highest BCUT2D eigenvalue weighted by atomic mass is 19.1. The topological polar surface area (TPSA) is 82.3 Å². The summed E-state index contributed by atoms with van der Waals surface area (Å²) >= 11 is 0. The molecule has 0 bridgehead atoms. The lowest BCUT2D eigenvalue weighted by molar-refractivity contribution is 0.233. The van der Waals surface area contributed by atoms with Crippen molar-refractivity contribution in [2.45, 2.75) is 31.8 Å². The van der Waals surface area contributed by atoms with Gasteiger partial charge < -0.3 is 15.0 Å². The second-order valence-corrected chi connectivity index (χ2v) is 7.63. The van der Waals surface area contributed by atoms with E-state index in [9.17, 15) is 9.18 Å². The van der Waals surface area contributed by atoms with Crippen molar-refractivity contribution in [3.05, 3.63) is 53.8 Å². The van der Waals surface area contributed by atoms with E-state index in [1.165, 1.54) is 25.0 Å². The number of carbonyl (C=O) groups is 1. The van der Waals surface area contributed by atoms with Crippen molar-refractivity contribution < 1.29 is 13.9 Å². The summed E-state index contributed by atoms with van der Waals surface area (Å²) in [6, 6.07) is 11.9. The van der Waals surface area contributed by atoms with Crippen molar-refractivity contribution >= 4 is 22.8 Å². The van der Waals surface area contributed by atoms with Crippen molar-refractivity contribution in [2.75, 3.05) is 25.5 Å². The zero-order chi connectivity index (χ0) is 20.9. The number of carbonyl (C=O) groups excluding carboxylic acids is 1. The average molecular weight is 411 g/mol. The van der Waals surface area contributed by atoms with Crippen molar-refractivity contribution in [1.82, 2.24) is 20.4 Å². The Hall–Kier alpha value is -3.13. The van der Waals surface area contributed by atoms with E-state index in [-0.39, 0.29) is 11.8 Å². The number of anilines is 1. The molecule has 2 amide bonds. The predicted molar refractivity (Wildman–Crippen MR) is 114 cm³/mol. The third-order valence-electron chi connectivity index (χ3n) is 5.52. The van der Waals surface area contributed by atoms with Crippen LogP contribution < -0.4 is 15.4 Å². The Labute approximate surface area is 174 Å². The SMILES string of the molecule is CN1CCCC1CCOc1ccc2c(NC(=O)NCc3ccc(F)cc3)n[nH]c2c1. The van der Waals surface area contributed by atoms with Crippen LogP contribution in [0.3, 0.4) is 0 Å². The van der Waals surface area contributed by atoms with E-state index >= 15 is 0 Å². The molecule has 0 spiro atoms. The van der Waals surface area contributed by atoms with Gasteiger partial charge in [0.2, 0.25) is 0 Å². The maximum Gasteiger partial charge on any atom is 0.320 e. The first-order chi connectivity index (χ1) is 14.6. The third-order valence-corrected chi connectivity index (χ3v) is 5.52. The maximum atomic E-state index is 12.9. The first-order valence-electron chi connectivity index (χ1n) is 10.2. The number of rotatable bonds is 7. The summed E-state index contributed by atoms with van der Waals surface area (Å²) in [5.74, 6) is 0.917. The molecule has 1 atom stereocenters. The van der Waals surface area contributed by atoms with E-state index in [1.807, 2.05) is 18.2 Å². The van der Waals surface area contributed by atoms with Gasteiger partial charge in [-0.15, -0.1) is 0 Å². The molecule has 30 heavy (non-hydrogen) atoms. The molecule has 0 saturated carbocycles. The van der Waals surface area contributed by atoms with Crippen LogP contribution in [-0.4, -0.2) is 47.4 Å². The van der Waals surface area contributed by atoms with Crippen molar-refractivity contribution in [3.63, 3.8) is 0 Å². The van der Waals surface area contributed by atoms with Crippen molar-refractivity contribution in [3.8, 4) is 5.75 Å². The number of aromatic nitrogens is 2. The highest BCUT2D eigenvalue weighted by molar-refractivity contribution is 5.99. The first-order valence-corrected chi connectivity index (χ1v) is 10.2. The van der Waals surface area contributed by atoms with Gasteiger partial charge in [-0.2, -0.15) is 5.10 Å². The molecular formula is C22H26FN5O2. The van der Waals surface area contributed by atoms with Crippen LogP contribution in [0.25, 0.3) is 10.9 Å². The fourth-order valence-corrected chi connectivity index (χ4v) is 3.78. The second-order valence-electron chi connectivity index (χ2n) is 7.63. The monoisotopic (exact) mass is 411 g/mol. The van der Waals surface area contributed by atoms with Crippen LogP contribution in [0.2, 0.25) is 0 Å². The lowest BCUT2D eigenvalue weighted by Gasteiger charge is -2.19. The van der Waals surface area contributed by atoms with Crippen LogP contribution in [0.1, 0.15) is 24.8 Å². The number of hydrogen-bond acceptors (Lipinski definition) is 4. The normalized spacial score (nSPS) is 16.7. The van der Waals surface area contributed by atoms with Crippen molar-refractivity contribution in [2.24, 2.45) is 0 Å². The number of nitrogens with zero attached hydrogens (tertiary/aromatic N) is 2. The summed E-state index contributed by atoms with van der Waals surface area (Å²) in [5.41, 5.74) is 1.60. The molecule has 0 aliphatic carbocycles. The molecule has 3 N–H and O–H groups in total. The Morgan fingerprint density at radius 3 is 2.90 bits per heavy atom. The third kappa shape index (κ3) is 4.88. The minimum absolute atomic E-state index is 0.294. The molecule has 2 aromatic carbocycles. The van der Waals surface area contributed by atoms with Crippen LogP contribution in [0.4, 0.5) is 15.0 Å². The van der Waals surface area contributed by atoms with Gasteiger partial charge in [-0.3, -0.25) is 10.4 Å². The van der Waals surface area contributed by atoms with Crippen molar-refractivity contribution in [1.29, 1.82) is 0 Å². The number of halogens is 1. The highest BCUT2D eigenvalue weighted by Gasteiger charge is 2.20. The molecule has 1 fully saturated rings. The molecule has 1 aromatic heterocycles. The number of H-pyrrole nitrogens is 1. The Morgan fingerprint density at radius 1 is 1.30 bits per heavy atom. The number of aromatic amines is 1. The van der Waals surface area contributed by atoms with Crippen LogP contribution in [-0.2, 0) is 6.54 Å². The molecule has 2 heterocycles. The standard InChI is InChI=1S/C22H26FN5O2/c1-28-11-2-3-17(28)10-12-30-18-8-9-19-20(13-18)26-27-21(19)25-22(29)24-14-15-4-6-16(23)7-5-15/h4-9,13,17H,2-3,10-12,14H2,1H3,(H3,24,25,26,27,29). The molecule has 0 radical (unpaired) electrons. The number of urea groups is 1. The quantitative estimate of drug-likeness (QED) is 0.551. The lowest BCUT2D eigenvalue weighted by atomic mass is 10.1. The summed E-state index contributed by atoms with van der Waals surface area (Å²) in [6.07, 6.45) is 3.50. The Balaban J connectivity index is 1.30. The predicted octanol–water partition coefficient (Wildman–Crippen LogP) is 3.89. The number of amides is 2. The molecule has 1 aliphatic heterocycles. The Kier molecular flexibility index (Phi) is 6.13. The first kappa shape index (κ1) is 20.2. The largest absolute Gasteiger partial charge is 0.493 e. The average Bonchev–Trinajstić information content (AvgIpc) is 3.33. The Morgan fingerprint density at radius 2 is 2.13 bits per heavy atom. The number of likely N-dealkylation sites (tertiary alicyclic amines) is 1. The number of benzene rings is 2. The van der Waals surface area contributed by atoms with E-state index in [0.29, 0.717) is 25.0 Å². The van der Waals surface area contributed by atoms with Gasteiger partial charge in [0.15, 0.2) is 5.82 Å². The molecule has 1 unspecified atom stereocenters. The number of hydrogen-bond donors (Lipinski definition) is 3. The summed E-state index contributed by atoms with van der Waals surface area (Å²) < 4.78 is 18.9. The summed E-state index contributed by atoms with van der Waals surface area (Å²) in [4.78, 5) is 14.6. The summed E-state index contributed by atoms with van der Waals surface area (Å²) in [7, 11) is 2.17. The van der Waals surface area contributed by atoms with Gasteiger partial charge >= 0.3 is 6.03 Å². The molecule has 7 nitrogen and oxygen atoms in total. The molecular weight excluding hydrogens is 385 g/mol. The van der Waals surface area contributed by atoms with Crippen LogP contribution in [0, 0.1) is 5.82 Å². The smallest absolute Gasteiger partial charge is 0.320 e. The molecule has 8 heteroatoms. The minimum Gasteiger partial charge on any atom is -0.493 e. The lowest BCUT2D eigenvalue weighted by Crippen LogP contribution is -2.28. The van der Waals surface area contributed by atoms with E-state index < -0.39 is 0 Å². The van der Waals surface area contributed by atoms with Gasteiger partial charge in [-0.1, -0.05) is 12.1 Å². The summed E-state index contributed by atoms with van der Waals surface area (Å²) in [6.45, 7) is 2.13. The molecule has 1 saturated heterocycles. The van der Waals surface area contributed by atoms with E-state index in [4.69, 9.17) is 4.74 Å². The van der Waals surface area contributed by atoms with Crippen LogP contribution in [0.15, 0.2) is 42.5 Å².